The van der Waals surface area contributed by atoms with E-state index in [4.69, 9.17) is 4.74 Å². The molecule has 0 unspecified atom stereocenters. The number of rotatable bonds is 5. The van der Waals surface area contributed by atoms with Gasteiger partial charge in [0.25, 0.3) is 11.8 Å². The number of hydrazine groups is 1. The van der Waals surface area contributed by atoms with E-state index in [0.29, 0.717) is 5.56 Å². The number of nitrogens with one attached hydrogen (secondary N) is 2. The molecule has 2 aromatic rings. The van der Waals surface area contributed by atoms with Crippen LogP contribution < -0.4 is 15.6 Å². The highest BCUT2D eigenvalue weighted by atomic mass is 19.4. The van der Waals surface area contributed by atoms with Crippen LogP contribution in [0, 0.1) is 5.82 Å². The van der Waals surface area contributed by atoms with Crippen molar-refractivity contribution in [2.75, 3.05) is 0 Å². The lowest BCUT2D eigenvalue weighted by Crippen LogP contribution is -2.46. The fourth-order valence-electron chi connectivity index (χ4n) is 1.99. The summed E-state index contributed by atoms with van der Waals surface area (Å²) in [4.78, 5) is 23.6. The van der Waals surface area contributed by atoms with Crippen molar-refractivity contribution in [3.8, 4) is 5.75 Å². The average molecular weight is 396 g/mol. The molecule has 2 N–H and O–H groups in total. The highest BCUT2D eigenvalue weighted by Crippen LogP contribution is 2.29. The minimum absolute atomic E-state index is 0.276. The molecule has 0 aliphatic rings. The largest absolute Gasteiger partial charge is 0.481 e. The van der Waals surface area contributed by atoms with Crippen LogP contribution in [0.25, 0.3) is 6.08 Å². The molecule has 2 rings (SSSR count). The van der Waals surface area contributed by atoms with Crippen molar-refractivity contribution in [2.24, 2.45) is 0 Å². The summed E-state index contributed by atoms with van der Waals surface area (Å²) in [5.41, 5.74) is 3.84. The molecule has 0 spiro atoms. The van der Waals surface area contributed by atoms with Gasteiger partial charge in [-0.3, -0.25) is 20.4 Å². The van der Waals surface area contributed by atoms with E-state index >= 15 is 0 Å². The zero-order valence-corrected chi connectivity index (χ0v) is 14.6. The molecule has 2 aromatic carbocycles. The second-order valence-corrected chi connectivity index (χ2v) is 5.65. The molecule has 0 fully saturated rings. The van der Waals surface area contributed by atoms with Gasteiger partial charge in [0, 0.05) is 6.08 Å². The molecule has 0 heterocycles. The predicted octanol–water partition coefficient (Wildman–Crippen LogP) is 3.47. The maximum atomic E-state index is 12.8. The van der Waals surface area contributed by atoms with Gasteiger partial charge in [-0.25, -0.2) is 4.39 Å². The van der Waals surface area contributed by atoms with E-state index in [2.05, 4.69) is 10.9 Å². The van der Waals surface area contributed by atoms with Crippen LogP contribution in [0.3, 0.4) is 0 Å². The first kappa shape index (κ1) is 20.9. The lowest BCUT2D eigenvalue weighted by atomic mass is 10.1. The first-order valence-electron chi connectivity index (χ1n) is 8.02. The van der Waals surface area contributed by atoms with Crippen LogP contribution in [0.1, 0.15) is 18.1 Å². The van der Waals surface area contributed by atoms with Crippen LogP contribution in [-0.2, 0) is 15.8 Å². The van der Waals surface area contributed by atoms with Crippen molar-refractivity contribution in [3.05, 3.63) is 71.6 Å². The average Bonchev–Trinajstić information content (AvgIpc) is 2.65. The number of alkyl halides is 3. The summed E-state index contributed by atoms with van der Waals surface area (Å²) >= 11 is 0. The molecule has 0 aliphatic carbocycles. The molecular weight excluding hydrogens is 380 g/mol. The Balaban J connectivity index is 1.81. The van der Waals surface area contributed by atoms with E-state index in [0.717, 1.165) is 18.2 Å². The van der Waals surface area contributed by atoms with Crippen molar-refractivity contribution in [1.82, 2.24) is 10.9 Å². The fraction of sp³-hybridized carbons (Fsp3) is 0.158. The van der Waals surface area contributed by atoms with Crippen molar-refractivity contribution in [3.63, 3.8) is 0 Å². The number of hydrogen-bond acceptors (Lipinski definition) is 3. The third kappa shape index (κ3) is 6.42. The van der Waals surface area contributed by atoms with Gasteiger partial charge in [-0.1, -0.05) is 12.1 Å². The van der Waals surface area contributed by atoms with E-state index in [9.17, 15) is 27.2 Å². The number of carbonyl (C=O) groups excluding carboxylic acids is 2. The molecule has 5 nitrogen and oxygen atoms in total. The summed E-state index contributed by atoms with van der Waals surface area (Å²) < 4.78 is 55.6. The molecule has 28 heavy (non-hydrogen) atoms. The molecule has 0 saturated heterocycles. The van der Waals surface area contributed by atoms with Gasteiger partial charge in [0.15, 0.2) is 6.10 Å². The van der Waals surface area contributed by atoms with Crippen LogP contribution >= 0.6 is 0 Å². The molecule has 0 saturated carbocycles. The lowest BCUT2D eigenvalue weighted by Gasteiger charge is -2.14. The quantitative estimate of drug-likeness (QED) is 0.462. The van der Waals surface area contributed by atoms with Gasteiger partial charge in [-0.2, -0.15) is 13.2 Å². The van der Waals surface area contributed by atoms with Crippen LogP contribution in [0.4, 0.5) is 17.6 Å². The Labute approximate surface area is 158 Å². The highest BCUT2D eigenvalue weighted by Gasteiger charge is 2.29. The third-order valence-electron chi connectivity index (χ3n) is 3.47. The molecule has 0 aromatic heterocycles. The van der Waals surface area contributed by atoms with E-state index in [1.807, 2.05) is 0 Å². The van der Waals surface area contributed by atoms with E-state index in [-0.39, 0.29) is 5.75 Å². The third-order valence-corrected chi connectivity index (χ3v) is 3.47. The van der Waals surface area contributed by atoms with Gasteiger partial charge in [0.05, 0.1) is 5.56 Å². The zero-order chi connectivity index (χ0) is 20.7. The number of benzene rings is 2. The van der Waals surface area contributed by atoms with Gasteiger partial charge in [-0.05, 0) is 55.0 Å². The Morgan fingerprint density at radius 3 is 2.18 bits per heavy atom. The number of ether oxygens (including phenoxy) is 1. The van der Waals surface area contributed by atoms with Crippen molar-refractivity contribution < 1.29 is 31.9 Å². The smallest absolute Gasteiger partial charge is 0.416 e. The Morgan fingerprint density at radius 2 is 1.61 bits per heavy atom. The summed E-state index contributed by atoms with van der Waals surface area (Å²) in [6.07, 6.45) is -3.06. The predicted molar refractivity (Wildman–Crippen MR) is 93.3 cm³/mol. The van der Waals surface area contributed by atoms with Crippen LogP contribution in [0.2, 0.25) is 0 Å². The molecular formula is C19H16F4N2O3. The number of halogens is 4. The summed E-state index contributed by atoms with van der Waals surface area (Å²) in [7, 11) is 0. The molecule has 0 bridgehead atoms. The van der Waals surface area contributed by atoms with E-state index in [1.54, 1.807) is 0 Å². The molecule has 148 valence electrons. The fourth-order valence-corrected chi connectivity index (χ4v) is 1.99. The summed E-state index contributed by atoms with van der Waals surface area (Å²) in [5, 5.41) is 0. The Kier molecular flexibility index (Phi) is 6.75. The van der Waals surface area contributed by atoms with Crippen LogP contribution in [-0.4, -0.2) is 17.9 Å². The van der Waals surface area contributed by atoms with Gasteiger partial charge in [0.2, 0.25) is 0 Å². The number of hydrogen-bond donors (Lipinski definition) is 2. The SMILES string of the molecule is C[C@@H](Oc1ccc(F)cc1)C(=O)NNC(=O)/C=C/c1ccc(C(F)(F)F)cc1. The molecule has 0 aliphatic heterocycles. The highest BCUT2D eigenvalue weighted by molar-refractivity contribution is 5.93. The topological polar surface area (TPSA) is 67.4 Å². The Morgan fingerprint density at radius 1 is 1.00 bits per heavy atom. The van der Waals surface area contributed by atoms with Gasteiger partial charge in [-0.15, -0.1) is 0 Å². The maximum Gasteiger partial charge on any atom is 0.416 e. The normalized spacial score (nSPS) is 12.5. The minimum Gasteiger partial charge on any atom is -0.481 e. The monoisotopic (exact) mass is 396 g/mol. The molecule has 2 amide bonds. The minimum atomic E-state index is -4.43. The number of amides is 2. The van der Waals surface area contributed by atoms with Gasteiger partial charge < -0.3 is 4.74 Å². The second kappa shape index (κ2) is 9.03. The summed E-state index contributed by atoms with van der Waals surface area (Å²) in [6.45, 7) is 1.43. The van der Waals surface area contributed by atoms with Crippen LogP contribution in [0.5, 0.6) is 5.75 Å². The first-order chi connectivity index (χ1) is 13.1. The Bertz CT molecular complexity index is 847. The molecule has 0 radical (unpaired) electrons. The maximum absolute atomic E-state index is 12.8. The zero-order valence-electron chi connectivity index (χ0n) is 14.6. The summed E-state index contributed by atoms with van der Waals surface area (Å²) in [5.74, 6) is -1.52. The van der Waals surface area contributed by atoms with Crippen molar-refractivity contribution in [2.45, 2.75) is 19.2 Å². The van der Waals surface area contributed by atoms with Gasteiger partial charge in [0.1, 0.15) is 11.6 Å². The van der Waals surface area contributed by atoms with Crippen molar-refractivity contribution in [1.29, 1.82) is 0 Å². The first-order valence-corrected chi connectivity index (χ1v) is 8.02. The van der Waals surface area contributed by atoms with Crippen LogP contribution in [0.15, 0.2) is 54.6 Å². The van der Waals surface area contributed by atoms with E-state index < -0.39 is 35.5 Å². The second-order valence-electron chi connectivity index (χ2n) is 5.65. The standard InChI is InChI=1S/C19H16F4N2O3/c1-12(28-16-9-7-15(20)8-10-16)18(27)25-24-17(26)11-4-13-2-5-14(6-3-13)19(21,22)23/h2-12H,1H3,(H,24,26)(H,25,27)/b11-4+/t12-/m1/s1. The number of carbonyl (C=O) groups is 2. The lowest BCUT2D eigenvalue weighted by molar-refractivity contribution is -0.137. The molecule has 1 atom stereocenters. The van der Waals surface area contributed by atoms with Crippen molar-refractivity contribution >= 4 is 17.9 Å². The molecule has 9 heteroatoms. The summed E-state index contributed by atoms with van der Waals surface area (Å²) in [6, 6.07) is 9.27. The van der Waals surface area contributed by atoms with E-state index in [1.165, 1.54) is 49.4 Å². The Hall–Kier alpha value is -3.36. The van der Waals surface area contributed by atoms with Gasteiger partial charge >= 0.3 is 6.18 Å².